The lowest BCUT2D eigenvalue weighted by molar-refractivity contribution is -0.384. The van der Waals surface area contributed by atoms with Crippen LogP contribution >= 0.6 is 11.3 Å². The van der Waals surface area contributed by atoms with Gasteiger partial charge in [0.05, 0.1) is 20.1 Å². The Kier molecular flexibility index (Phi) is 5.35. The maximum atomic E-state index is 11.3. The Bertz CT molecular complexity index is 1070. The SMILES string of the molecule is NN(c1nc2c(CCCO)cc([N+](=O)[O-])cc2s1)c1c(O)cccc1[N+](=O)[O-]. The summed E-state index contributed by atoms with van der Waals surface area (Å²) in [5.74, 6) is 5.61. The minimum atomic E-state index is -0.681. The number of aliphatic hydroxyl groups excluding tert-OH is 1. The molecule has 0 atom stereocenters. The highest BCUT2D eigenvalue weighted by atomic mass is 32.1. The van der Waals surface area contributed by atoms with Gasteiger partial charge in [0.25, 0.3) is 11.4 Å². The van der Waals surface area contributed by atoms with Crippen LogP contribution in [0.4, 0.5) is 22.2 Å². The molecular formula is C16H15N5O6S. The topological polar surface area (TPSA) is 169 Å². The maximum Gasteiger partial charge on any atom is 0.298 e. The van der Waals surface area contributed by atoms with Crippen LogP contribution in [-0.4, -0.2) is 31.7 Å². The molecule has 11 nitrogen and oxygen atoms in total. The predicted molar refractivity (Wildman–Crippen MR) is 103 cm³/mol. The van der Waals surface area contributed by atoms with Crippen molar-refractivity contribution >= 4 is 43.7 Å². The van der Waals surface area contributed by atoms with E-state index in [0.717, 1.165) is 16.3 Å². The van der Waals surface area contributed by atoms with E-state index in [9.17, 15) is 25.3 Å². The third-order valence-corrected chi connectivity index (χ3v) is 5.00. The van der Waals surface area contributed by atoms with E-state index in [1.165, 1.54) is 30.3 Å². The van der Waals surface area contributed by atoms with E-state index in [1.807, 2.05) is 0 Å². The van der Waals surface area contributed by atoms with Gasteiger partial charge in [-0.1, -0.05) is 17.4 Å². The number of benzene rings is 2. The number of hydrogen-bond acceptors (Lipinski definition) is 10. The lowest BCUT2D eigenvalue weighted by atomic mass is 10.1. The van der Waals surface area contributed by atoms with Gasteiger partial charge in [-0.2, -0.15) is 0 Å². The second-order valence-corrected chi connectivity index (χ2v) is 6.81. The molecule has 3 aromatic rings. The Morgan fingerprint density at radius 1 is 1.21 bits per heavy atom. The summed E-state index contributed by atoms with van der Waals surface area (Å²) in [6.45, 7) is -0.0890. The Labute approximate surface area is 161 Å². The van der Waals surface area contributed by atoms with E-state index in [4.69, 9.17) is 10.9 Å². The summed E-state index contributed by atoms with van der Waals surface area (Å²) in [5, 5.41) is 42.6. The van der Waals surface area contributed by atoms with E-state index in [-0.39, 0.29) is 23.1 Å². The molecule has 4 N–H and O–H groups in total. The van der Waals surface area contributed by atoms with Crippen molar-refractivity contribution in [2.45, 2.75) is 12.8 Å². The first-order valence-corrected chi connectivity index (χ1v) is 8.85. The average Bonchev–Trinajstić information content (AvgIpc) is 3.09. The molecule has 2 aromatic carbocycles. The van der Waals surface area contributed by atoms with Crippen LogP contribution < -0.4 is 10.9 Å². The molecule has 12 heteroatoms. The number of anilines is 2. The highest BCUT2D eigenvalue weighted by Crippen LogP contribution is 2.42. The summed E-state index contributed by atoms with van der Waals surface area (Å²) in [5.41, 5.74) is 0.229. The molecule has 146 valence electrons. The third kappa shape index (κ3) is 3.55. The average molecular weight is 405 g/mol. The number of hydrogen-bond donors (Lipinski definition) is 3. The molecule has 0 amide bonds. The maximum absolute atomic E-state index is 11.3. The van der Waals surface area contributed by atoms with Gasteiger partial charge < -0.3 is 10.2 Å². The van der Waals surface area contributed by atoms with Gasteiger partial charge in [-0.15, -0.1) is 0 Å². The fourth-order valence-electron chi connectivity index (χ4n) is 2.75. The van der Waals surface area contributed by atoms with Crippen molar-refractivity contribution in [3.8, 4) is 5.75 Å². The standard InChI is InChI=1S/C16H15N5O6S/c17-19(15-11(21(26)27)4-1-5-12(15)23)16-18-14-9(3-2-6-22)7-10(20(24)25)8-13(14)28-16/h1,4-5,7-8,22-23H,2-3,6,17H2. The molecule has 0 aliphatic carbocycles. The van der Waals surface area contributed by atoms with Gasteiger partial charge in [0.2, 0.25) is 5.13 Å². The zero-order chi connectivity index (χ0) is 20.4. The number of nitro groups is 2. The lowest BCUT2D eigenvalue weighted by Gasteiger charge is -2.16. The summed E-state index contributed by atoms with van der Waals surface area (Å²) in [6.07, 6.45) is 0.750. The molecule has 0 spiro atoms. The number of hydrazine groups is 1. The number of aryl methyl sites for hydroxylation is 1. The van der Waals surface area contributed by atoms with Gasteiger partial charge in [0.15, 0.2) is 5.69 Å². The molecule has 28 heavy (non-hydrogen) atoms. The van der Waals surface area contributed by atoms with Gasteiger partial charge in [-0.05, 0) is 24.5 Å². The van der Waals surface area contributed by atoms with Crippen molar-refractivity contribution in [1.82, 2.24) is 4.98 Å². The number of phenolic OH excluding ortho intramolecular Hbond substituents is 1. The molecule has 3 rings (SSSR count). The molecule has 0 aliphatic heterocycles. The molecule has 0 fully saturated rings. The molecular weight excluding hydrogens is 390 g/mol. The Balaban J connectivity index is 2.14. The number of thiazole rings is 1. The van der Waals surface area contributed by atoms with Gasteiger partial charge >= 0.3 is 0 Å². The van der Waals surface area contributed by atoms with Crippen LogP contribution in [0.15, 0.2) is 30.3 Å². The fraction of sp³-hybridized carbons (Fsp3) is 0.188. The molecule has 1 heterocycles. The minimum Gasteiger partial charge on any atom is -0.505 e. The van der Waals surface area contributed by atoms with Crippen molar-refractivity contribution in [2.24, 2.45) is 5.84 Å². The summed E-state index contributed by atoms with van der Waals surface area (Å²) in [4.78, 5) is 25.6. The van der Waals surface area contributed by atoms with Crippen LogP contribution in [0.5, 0.6) is 5.75 Å². The fourth-order valence-corrected chi connectivity index (χ4v) is 3.73. The second-order valence-electron chi connectivity index (χ2n) is 5.80. The van der Waals surface area contributed by atoms with Crippen molar-refractivity contribution in [2.75, 3.05) is 11.6 Å². The monoisotopic (exact) mass is 405 g/mol. The first-order valence-electron chi connectivity index (χ1n) is 8.03. The van der Waals surface area contributed by atoms with Crippen LogP contribution in [0.1, 0.15) is 12.0 Å². The smallest absolute Gasteiger partial charge is 0.298 e. The number of nitrogens with two attached hydrogens (primary N) is 1. The van der Waals surface area contributed by atoms with Crippen molar-refractivity contribution in [3.05, 3.63) is 56.1 Å². The number of fused-ring (bicyclic) bond motifs is 1. The Morgan fingerprint density at radius 3 is 2.61 bits per heavy atom. The van der Waals surface area contributed by atoms with Crippen molar-refractivity contribution in [1.29, 1.82) is 0 Å². The minimum absolute atomic E-state index is 0.0890. The quantitative estimate of drug-likeness (QED) is 0.304. The molecule has 0 aliphatic rings. The highest BCUT2D eigenvalue weighted by molar-refractivity contribution is 7.22. The number of aromatic hydroxyl groups is 1. The Morgan fingerprint density at radius 2 is 1.96 bits per heavy atom. The Hall–Kier alpha value is -3.35. The first-order chi connectivity index (χ1) is 13.3. The van der Waals surface area contributed by atoms with Gasteiger partial charge in [-0.3, -0.25) is 20.2 Å². The number of phenols is 1. The molecule has 0 radical (unpaired) electrons. The van der Waals surface area contributed by atoms with Crippen molar-refractivity contribution < 1.29 is 20.1 Å². The van der Waals surface area contributed by atoms with Crippen LogP contribution in [0.3, 0.4) is 0 Å². The number of aliphatic hydroxyl groups is 1. The summed E-state index contributed by atoms with van der Waals surface area (Å²) >= 11 is 0.998. The zero-order valence-corrected chi connectivity index (χ0v) is 15.1. The second kappa shape index (κ2) is 7.72. The first kappa shape index (κ1) is 19.4. The van der Waals surface area contributed by atoms with Gasteiger partial charge in [-0.25, -0.2) is 15.8 Å². The molecule has 0 saturated heterocycles. The van der Waals surface area contributed by atoms with E-state index < -0.39 is 21.3 Å². The number of nitrogens with zero attached hydrogens (tertiary/aromatic N) is 4. The zero-order valence-electron chi connectivity index (χ0n) is 14.3. The van der Waals surface area contributed by atoms with Gasteiger partial charge in [0, 0.05) is 24.8 Å². The molecule has 1 aromatic heterocycles. The number of nitro benzene ring substituents is 2. The van der Waals surface area contributed by atoms with E-state index in [0.29, 0.717) is 28.6 Å². The third-order valence-electron chi connectivity index (χ3n) is 4.00. The number of rotatable bonds is 7. The summed E-state index contributed by atoms with van der Waals surface area (Å²) in [7, 11) is 0. The number of non-ortho nitro benzene ring substituents is 1. The van der Waals surface area contributed by atoms with Crippen LogP contribution in [0, 0.1) is 20.2 Å². The van der Waals surface area contributed by atoms with E-state index >= 15 is 0 Å². The number of aromatic nitrogens is 1. The van der Waals surface area contributed by atoms with Crippen LogP contribution in [0.25, 0.3) is 10.2 Å². The highest BCUT2D eigenvalue weighted by Gasteiger charge is 2.25. The molecule has 0 bridgehead atoms. The van der Waals surface area contributed by atoms with Crippen LogP contribution in [0.2, 0.25) is 0 Å². The summed E-state index contributed by atoms with van der Waals surface area (Å²) < 4.78 is 0.464. The van der Waals surface area contributed by atoms with Crippen molar-refractivity contribution in [3.63, 3.8) is 0 Å². The van der Waals surface area contributed by atoms with E-state index in [2.05, 4.69) is 4.98 Å². The summed E-state index contributed by atoms with van der Waals surface area (Å²) in [6, 6.07) is 6.49. The largest absolute Gasteiger partial charge is 0.505 e. The van der Waals surface area contributed by atoms with Gasteiger partial charge in [0.1, 0.15) is 5.75 Å². The molecule has 0 saturated carbocycles. The number of para-hydroxylation sites is 1. The van der Waals surface area contributed by atoms with E-state index in [1.54, 1.807) is 0 Å². The normalized spacial score (nSPS) is 10.9. The van der Waals surface area contributed by atoms with Crippen LogP contribution in [-0.2, 0) is 6.42 Å². The molecule has 0 unspecified atom stereocenters. The lowest BCUT2D eigenvalue weighted by Crippen LogP contribution is -2.25. The predicted octanol–water partition coefficient (Wildman–Crippen LogP) is 2.76.